The zero-order chi connectivity index (χ0) is 18.5. The Morgan fingerprint density at radius 3 is 2.42 bits per heavy atom. The lowest BCUT2D eigenvalue weighted by Crippen LogP contribution is -2.03. The van der Waals surface area contributed by atoms with E-state index in [1.165, 1.54) is 6.33 Å². The third-order valence-electron chi connectivity index (χ3n) is 3.62. The fourth-order valence-corrected chi connectivity index (χ4v) is 2.39. The molecule has 0 aliphatic rings. The Labute approximate surface area is 154 Å². The van der Waals surface area contributed by atoms with Crippen LogP contribution in [0, 0.1) is 10.1 Å². The van der Waals surface area contributed by atoms with Crippen molar-refractivity contribution in [3.05, 3.63) is 75.6 Å². The summed E-state index contributed by atoms with van der Waals surface area (Å²) in [5, 5.41) is 15.0. The van der Waals surface area contributed by atoms with E-state index in [-0.39, 0.29) is 17.4 Å². The van der Waals surface area contributed by atoms with E-state index in [1.54, 1.807) is 36.4 Å². The highest BCUT2D eigenvalue weighted by Gasteiger charge is 2.25. The summed E-state index contributed by atoms with van der Waals surface area (Å²) >= 11 is 5.85. The number of halogens is 1. The van der Waals surface area contributed by atoms with Crippen molar-refractivity contribution in [2.24, 2.45) is 0 Å². The SMILES string of the molecule is CCc1ccc(Oc2ncnc(Nc3ccc(Cl)cc3)c2[N+](=O)[O-])cc1. The summed E-state index contributed by atoms with van der Waals surface area (Å²) in [6.07, 6.45) is 2.10. The van der Waals surface area contributed by atoms with Gasteiger partial charge in [-0.2, -0.15) is 4.98 Å². The molecule has 2 aromatic carbocycles. The van der Waals surface area contributed by atoms with Gasteiger partial charge in [-0.15, -0.1) is 0 Å². The number of ether oxygens (including phenoxy) is 1. The van der Waals surface area contributed by atoms with Crippen LogP contribution in [0.1, 0.15) is 12.5 Å². The van der Waals surface area contributed by atoms with Crippen LogP contribution in [-0.2, 0) is 6.42 Å². The highest BCUT2D eigenvalue weighted by atomic mass is 35.5. The van der Waals surface area contributed by atoms with Gasteiger partial charge in [0.15, 0.2) is 0 Å². The van der Waals surface area contributed by atoms with Crippen LogP contribution in [0.25, 0.3) is 0 Å². The maximum atomic E-state index is 11.6. The number of aromatic nitrogens is 2. The largest absolute Gasteiger partial charge is 0.434 e. The first-order valence-electron chi connectivity index (χ1n) is 7.85. The molecule has 1 aromatic heterocycles. The Hall–Kier alpha value is -3.19. The Morgan fingerprint density at radius 1 is 1.12 bits per heavy atom. The van der Waals surface area contributed by atoms with Crippen molar-refractivity contribution in [3.8, 4) is 11.6 Å². The molecule has 1 heterocycles. The number of nitrogens with one attached hydrogen (secondary N) is 1. The van der Waals surface area contributed by atoms with Crippen LogP contribution in [-0.4, -0.2) is 14.9 Å². The predicted octanol–water partition coefficient (Wildman–Crippen LogP) is 5.14. The smallest absolute Gasteiger partial charge is 0.373 e. The second-order valence-electron chi connectivity index (χ2n) is 5.36. The molecule has 0 radical (unpaired) electrons. The van der Waals surface area contributed by atoms with Crippen LogP contribution < -0.4 is 10.1 Å². The molecular formula is C18H15ClN4O3. The number of nitrogens with zero attached hydrogens (tertiary/aromatic N) is 3. The van der Waals surface area contributed by atoms with Gasteiger partial charge in [-0.3, -0.25) is 10.1 Å². The van der Waals surface area contributed by atoms with Crippen molar-refractivity contribution < 1.29 is 9.66 Å². The molecule has 0 bridgehead atoms. The summed E-state index contributed by atoms with van der Waals surface area (Å²) in [6, 6.07) is 14.0. The van der Waals surface area contributed by atoms with Gasteiger partial charge in [-0.05, 0) is 48.4 Å². The van der Waals surface area contributed by atoms with Crippen LogP contribution in [0.4, 0.5) is 17.2 Å². The van der Waals surface area contributed by atoms with Crippen molar-refractivity contribution in [3.63, 3.8) is 0 Å². The highest BCUT2D eigenvalue weighted by Crippen LogP contribution is 2.35. The van der Waals surface area contributed by atoms with Crippen LogP contribution in [0.15, 0.2) is 54.9 Å². The highest BCUT2D eigenvalue weighted by molar-refractivity contribution is 6.30. The van der Waals surface area contributed by atoms with Gasteiger partial charge in [-0.25, -0.2) is 4.98 Å². The molecule has 3 rings (SSSR count). The van der Waals surface area contributed by atoms with Gasteiger partial charge in [0.2, 0.25) is 5.82 Å². The molecule has 1 N–H and O–H groups in total. The third-order valence-corrected chi connectivity index (χ3v) is 3.88. The minimum Gasteiger partial charge on any atom is -0.434 e. The second kappa shape index (κ2) is 7.79. The van der Waals surface area contributed by atoms with E-state index >= 15 is 0 Å². The topological polar surface area (TPSA) is 90.2 Å². The first-order valence-corrected chi connectivity index (χ1v) is 8.23. The Balaban J connectivity index is 1.92. The first kappa shape index (κ1) is 17.6. The van der Waals surface area contributed by atoms with Gasteiger partial charge < -0.3 is 10.1 Å². The molecule has 3 aromatic rings. The second-order valence-corrected chi connectivity index (χ2v) is 5.80. The zero-order valence-electron chi connectivity index (χ0n) is 13.8. The lowest BCUT2D eigenvalue weighted by Gasteiger charge is -2.09. The molecule has 7 nitrogen and oxygen atoms in total. The number of nitro groups is 1. The van der Waals surface area contributed by atoms with Crippen molar-refractivity contribution in [2.45, 2.75) is 13.3 Å². The molecule has 26 heavy (non-hydrogen) atoms. The Kier molecular flexibility index (Phi) is 5.28. The standard InChI is InChI=1S/C18H15ClN4O3/c1-2-12-3-9-15(10-4-12)26-18-16(23(24)25)17(20-11-21-18)22-14-7-5-13(19)6-8-14/h3-11H,2H2,1H3,(H,20,21,22). The van der Waals surface area contributed by atoms with Gasteiger partial charge in [-0.1, -0.05) is 30.7 Å². The van der Waals surface area contributed by atoms with E-state index in [9.17, 15) is 10.1 Å². The quantitative estimate of drug-likeness (QED) is 0.477. The summed E-state index contributed by atoms with van der Waals surface area (Å²) in [6.45, 7) is 2.04. The molecule has 0 atom stereocenters. The summed E-state index contributed by atoms with van der Waals surface area (Å²) in [5.41, 5.74) is 1.40. The Morgan fingerprint density at radius 2 is 1.81 bits per heavy atom. The first-order chi connectivity index (χ1) is 12.6. The number of benzene rings is 2. The molecule has 0 unspecified atom stereocenters. The Bertz CT molecular complexity index is 915. The van der Waals surface area contributed by atoms with Gasteiger partial charge in [0.05, 0.1) is 4.92 Å². The maximum Gasteiger partial charge on any atom is 0.373 e. The molecule has 0 aliphatic heterocycles. The van der Waals surface area contributed by atoms with Crippen LogP contribution in [0.5, 0.6) is 11.6 Å². The molecule has 0 fully saturated rings. The van der Waals surface area contributed by atoms with Crippen LogP contribution in [0.3, 0.4) is 0 Å². The molecule has 0 amide bonds. The molecule has 0 saturated heterocycles. The van der Waals surface area contributed by atoms with Crippen molar-refractivity contribution >= 4 is 28.8 Å². The molecule has 132 valence electrons. The van der Waals surface area contributed by atoms with Crippen molar-refractivity contribution in [1.82, 2.24) is 9.97 Å². The lowest BCUT2D eigenvalue weighted by atomic mass is 10.2. The summed E-state index contributed by atoms with van der Waals surface area (Å²) in [4.78, 5) is 18.9. The normalized spacial score (nSPS) is 10.4. The summed E-state index contributed by atoms with van der Waals surface area (Å²) < 4.78 is 5.61. The lowest BCUT2D eigenvalue weighted by molar-refractivity contribution is -0.385. The van der Waals surface area contributed by atoms with E-state index in [0.717, 1.165) is 12.0 Å². The van der Waals surface area contributed by atoms with Crippen molar-refractivity contribution in [1.29, 1.82) is 0 Å². The number of rotatable bonds is 6. The maximum absolute atomic E-state index is 11.6. The molecular weight excluding hydrogens is 356 g/mol. The van der Waals surface area contributed by atoms with Crippen LogP contribution in [0.2, 0.25) is 5.02 Å². The van der Waals surface area contributed by atoms with Gasteiger partial charge >= 0.3 is 11.6 Å². The number of anilines is 2. The average Bonchev–Trinajstić information content (AvgIpc) is 2.64. The summed E-state index contributed by atoms with van der Waals surface area (Å²) in [7, 11) is 0. The van der Waals surface area contributed by atoms with E-state index in [0.29, 0.717) is 16.5 Å². The molecule has 0 spiro atoms. The third kappa shape index (κ3) is 4.07. The van der Waals surface area contributed by atoms with Crippen LogP contribution >= 0.6 is 11.6 Å². The number of hydrogen-bond acceptors (Lipinski definition) is 6. The van der Waals surface area contributed by atoms with E-state index < -0.39 is 4.92 Å². The fraction of sp³-hybridized carbons (Fsp3) is 0.111. The molecule has 8 heteroatoms. The summed E-state index contributed by atoms with van der Waals surface area (Å²) in [5.74, 6) is 0.361. The molecule has 0 aliphatic carbocycles. The number of hydrogen-bond donors (Lipinski definition) is 1. The van der Waals surface area contributed by atoms with E-state index in [4.69, 9.17) is 16.3 Å². The van der Waals surface area contributed by atoms with E-state index in [1.807, 2.05) is 19.1 Å². The van der Waals surface area contributed by atoms with Gasteiger partial charge in [0.25, 0.3) is 0 Å². The van der Waals surface area contributed by atoms with Crippen molar-refractivity contribution in [2.75, 3.05) is 5.32 Å². The monoisotopic (exact) mass is 370 g/mol. The molecule has 0 saturated carbocycles. The zero-order valence-corrected chi connectivity index (χ0v) is 14.6. The fourth-order valence-electron chi connectivity index (χ4n) is 2.27. The van der Waals surface area contributed by atoms with Gasteiger partial charge in [0, 0.05) is 10.7 Å². The van der Waals surface area contributed by atoms with E-state index in [2.05, 4.69) is 15.3 Å². The minimum atomic E-state index is -0.575. The average molecular weight is 371 g/mol. The van der Waals surface area contributed by atoms with Gasteiger partial charge in [0.1, 0.15) is 12.1 Å². The minimum absolute atomic E-state index is 0.0347. The predicted molar refractivity (Wildman–Crippen MR) is 99.3 cm³/mol. The number of aryl methyl sites for hydroxylation is 1.